The molecule has 0 aliphatic carbocycles. The molecule has 0 spiro atoms. The minimum Gasteiger partial charge on any atom is -0.455 e. The van der Waals surface area contributed by atoms with E-state index in [1.807, 2.05) is 12.1 Å². The second-order valence-electron chi connectivity index (χ2n) is 13.0. The van der Waals surface area contributed by atoms with Gasteiger partial charge in [0, 0.05) is 38.4 Å². The van der Waals surface area contributed by atoms with E-state index in [2.05, 4.69) is 155 Å². The summed E-state index contributed by atoms with van der Waals surface area (Å²) in [5.41, 5.74) is 13.4. The van der Waals surface area contributed by atoms with Crippen LogP contribution in [0.4, 0.5) is 0 Å². The molecule has 5 heteroatoms. The summed E-state index contributed by atoms with van der Waals surface area (Å²) < 4.78 is 15.7. The maximum Gasteiger partial charge on any atom is 0.180 e. The van der Waals surface area contributed by atoms with Crippen LogP contribution in [0.2, 0.25) is 0 Å². The third-order valence-electron chi connectivity index (χ3n) is 10.1. The lowest BCUT2D eigenvalue weighted by molar-refractivity contribution is 0.667. The first-order valence-electron chi connectivity index (χ1n) is 17.1. The zero-order chi connectivity index (χ0) is 33.5. The average Bonchev–Trinajstić information content (AvgIpc) is 3.88. The van der Waals surface area contributed by atoms with E-state index >= 15 is 0 Å². The number of furan rings is 2. The first-order valence-corrected chi connectivity index (χ1v) is 17.1. The summed E-state index contributed by atoms with van der Waals surface area (Å²) in [6.07, 6.45) is 1.63. The minimum absolute atomic E-state index is 0.675. The lowest BCUT2D eigenvalue weighted by Gasteiger charge is -2.07. The lowest BCUT2D eigenvalue weighted by atomic mass is 9.99. The molecule has 0 atom stereocenters. The maximum atomic E-state index is 6.95. The van der Waals surface area contributed by atoms with Crippen LogP contribution in [0.5, 0.6) is 0 Å². The molecular weight excluding hydrogens is 627 g/mol. The topological polar surface area (TPSA) is 57.0 Å². The zero-order valence-electron chi connectivity index (χ0n) is 27.2. The first-order chi connectivity index (χ1) is 25.3. The van der Waals surface area contributed by atoms with Crippen molar-refractivity contribution in [3.05, 3.63) is 164 Å². The summed E-state index contributed by atoms with van der Waals surface area (Å²) >= 11 is 0. The van der Waals surface area contributed by atoms with Crippen molar-refractivity contribution < 1.29 is 8.83 Å². The van der Waals surface area contributed by atoms with Crippen molar-refractivity contribution in [3.8, 4) is 39.2 Å². The van der Waals surface area contributed by atoms with Crippen molar-refractivity contribution in [1.29, 1.82) is 0 Å². The molecular formula is C46H27N3O2. The van der Waals surface area contributed by atoms with E-state index in [1.54, 1.807) is 6.33 Å². The fourth-order valence-electron chi connectivity index (χ4n) is 7.82. The summed E-state index contributed by atoms with van der Waals surface area (Å²) in [5.74, 6) is 0. The van der Waals surface area contributed by atoms with Gasteiger partial charge in [0.2, 0.25) is 0 Å². The van der Waals surface area contributed by atoms with Crippen LogP contribution < -0.4 is 0 Å². The highest BCUT2D eigenvalue weighted by atomic mass is 16.3. The van der Waals surface area contributed by atoms with Crippen LogP contribution in [0.15, 0.2) is 173 Å². The normalized spacial score (nSPS) is 11.9. The molecule has 0 aliphatic heterocycles. The Balaban J connectivity index is 1.08. The third kappa shape index (κ3) is 4.15. The number of benzene rings is 7. The molecule has 0 unspecified atom stereocenters. The van der Waals surface area contributed by atoms with Gasteiger partial charge in [-0.3, -0.25) is 0 Å². The van der Waals surface area contributed by atoms with Crippen molar-refractivity contribution in [2.45, 2.75) is 0 Å². The molecule has 238 valence electrons. The van der Waals surface area contributed by atoms with Crippen LogP contribution in [0.3, 0.4) is 0 Å². The van der Waals surface area contributed by atoms with Crippen molar-refractivity contribution >= 4 is 65.8 Å². The Morgan fingerprint density at radius 1 is 0.431 bits per heavy atom. The van der Waals surface area contributed by atoms with Gasteiger partial charge in [0.1, 0.15) is 34.3 Å². The zero-order valence-corrected chi connectivity index (χ0v) is 27.2. The van der Waals surface area contributed by atoms with Gasteiger partial charge in [-0.15, -0.1) is 0 Å². The van der Waals surface area contributed by atoms with Crippen molar-refractivity contribution in [2.75, 3.05) is 0 Å². The first kappa shape index (κ1) is 27.9. The highest BCUT2D eigenvalue weighted by Crippen LogP contribution is 2.43. The van der Waals surface area contributed by atoms with Gasteiger partial charge >= 0.3 is 0 Å². The van der Waals surface area contributed by atoms with Crippen molar-refractivity contribution in [2.24, 2.45) is 0 Å². The van der Waals surface area contributed by atoms with Gasteiger partial charge in [0.05, 0.1) is 16.4 Å². The minimum atomic E-state index is 0.675. The van der Waals surface area contributed by atoms with E-state index in [1.165, 1.54) is 5.39 Å². The Hall–Kier alpha value is -6.98. The standard InChI is InChI=1S/C46H27N3O2/c1-3-11-28(12-4-1)29-21-24-40-37(26-29)43-46(50-40)42(47-27-48-43)31-14-9-13-30(25-31)33-18-10-19-34-35-22-23-39-41(45(35)51-44(33)34)36-17-7-8-20-38(36)49(39)32-15-5-2-6-16-32/h1-27H. The fraction of sp³-hybridized carbons (Fsp3) is 0. The molecule has 0 fully saturated rings. The molecule has 0 saturated carbocycles. The largest absolute Gasteiger partial charge is 0.455 e. The summed E-state index contributed by atoms with van der Waals surface area (Å²) in [6.45, 7) is 0. The number of rotatable bonds is 4. The van der Waals surface area contributed by atoms with Gasteiger partial charge < -0.3 is 13.4 Å². The van der Waals surface area contributed by atoms with E-state index in [4.69, 9.17) is 13.8 Å². The molecule has 0 saturated heterocycles. The van der Waals surface area contributed by atoms with Crippen LogP contribution in [-0.4, -0.2) is 14.5 Å². The van der Waals surface area contributed by atoms with Crippen LogP contribution in [0.1, 0.15) is 0 Å². The fourth-order valence-corrected chi connectivity index (χ4v) is 7.82. The number of para-hydroxylation sites is 3. The second kappa shape index (κ2) is 10.8. The quantitative estimate of drug-likeness (QED) is 0.190. The summed E-state index contributed by atoms with van der Waals surface area (Å²) in [4.78, 5) is 9.43. The van der Waals surface area contributed by atoms with Crippen LogP contribution in [-0.2, 0) is 0 Å². The summed E-state index contributed by atoms with van der Waals surface area (Å²) in [7, 11) is 0. The molecule has 0 radical (unpaired) electrons. The number of hydrogen-bond donors (Lipinski definition) is 0. The highest BCUT2D eigenvalue weighted by Gasteiger charge is 2.21. The Bertz CT molecular complexity index is 3130. The van der Waals surface area contributed by atoms with Crippen molar-refractivity contribution in [1.82, 2.24) is 14.5 Å². The SMILES string of the molecule is c1ccc(-c2ccc3oc4c(-c5cccc(-c6cccc7c6oc6c7ccc7c6c6ccccc6n7-c6ccccc6)c5)ncnc4c3c2)cc1. The maximum absolute atomic E-state index is 6.95. The average molecular weight is 654 g/mol. The smallest absolute Gasteiger partial charge is 0.180 e. The van der Waals surface area contributed by atoms with Crippen LogP contribution >= 0.6 is 0 Å². The van der Waals surface area contributed by atoms with E-state index in [0.29, 0.717) is 5.58 Å². The van der Waals surface area contributed by atoms with E-state index < -0.39 is 0 Å². The summed E-state index contributed by atoms with van der Waals surface area (Å²) in [6, 6.07) is 55.0. The van der Waals surface area contributed by atoms with Crippen LogP contribution in [0, 0.1) is 0 Å². The molecule has 11 aromatic rings. The molecule has 0 aliphatic rings. The molecule has 0 N–H and O–H groups in total. The van der Waals surface area contributed by atoms with E-state index in [0.717, 1.165) is 94.0 Å². The Kier molecular flexibility index (Phi) is 5.89. The van der Waals surface area contributed by atoms with Gasteiger partial charge in [0.15, 0.2) is 5.58 Å². The molecule has 7 aromatic carbocycles. The molecule has 4 aromatic heterocycles. The molecule has 0 amide bonds. The van der Waals surface area contributed by atoms with Gasteiger partial charge in [-0.1, -0.05) is 109 Å². The number of fused-ring (bicyclic) bond motifs is 10. The Morgan fingerprint density at radius 3 is 2.08 bits per heavy atom. The lowest BCUT2D eigenvalue weighted by Crippen LogP contribution is -1.92. The molecule has 51 heavy (non-hydrogen) atoms. The van der Waals surface area contributed by atoms with E-state index in [-0.39, 0.29) is 0 Å². The van der Waals surface area contributed by atoms with E-state index in [9.17, 15) is 0 Å². The predicted molar refractivity (Wildman–Crippen MR) is 207 cm³/mol. The summed E-state index contributed by atoms with van der Waals surface area (Å²) in [5, 5.41) is 5.44. The van der Waals surface area contributed by atoms with Gasteiger partial charge in [-0.2, -0.15) is 0 Å². The van der Waals surface area contributed by atoms with Crippen molar-refractivity contribution in [3.63, 3.8) is 0 Å². The molecule has 5 nitrogen and oxygen atoms in total. The third-order valence-corrected chi connectivity index (χ3v) is 10.1. The Morgan fingerprint density at radius 2 is 1.18 bits per heavy atom. The molecule has 0 bridgehead atoms. The van der Waals surface area contributed by atoms with Crippen LogP contribution in [0.25, 0.3) is 105 Å². The van der Waals surface area contributed by atoms with Gasteiger partial charge in [-0.25, -0.2) is 9.97 Å². The number of hydrogen-bond acceptors (Lipinski definition) is 4. The highest BCUT2D eigenvalue weighted by molar-refractivity contribution is 6.24. The predicted octanol–water partition coefficient (Wildman–Crippen LogP) is 12.4. The van der Waals surface area contributed by atoms with Gasteiger partial charge in [-0.05, 0) is 65.2 Å². The second-order valence-corrected chi connectivity index (χ2v) is 13.0. The molecule has 11 rings (SSSR count). The number of aromatic nitrogens is 3. The number of nitrogens with zero attached hydrogens (tertiary/aromatic N) is 3. The molecule has 4 heterocycles. The monoisotopic (exact) mass is 653 g/mol. The Labute approximate surface area is 291 Å². The van der Waals surface area contributed by atoms with Gasteiger partial charge in [0.25, 0.3) is 0 Å².